The molecular formula is C20H20Cl2N4O3. The molecule has 1 aromatic heterocycles. The highest BCUT2D eigenvalue weighted by atomic mass is 35.5. The SMILES string of the molecule is NCC1c2[nH]c3ccc(Cl)cc3c2CCN1C(=O)Nc1cccc(Cl)c1.O=CO. The van der Waals surface area contributed by atoms with Crippen molar-refractivity contribution >= 4 is 52.3 Å². The Morgan fingerprint density at radius 3 is 2.69 bits per heavy atom. The van der Waals surface area contributed by atoms with Crippen LogP contribution in [-0.2, 0) is 11.2 Å². The van der Waals surface area contributed by atoms with E-state index in [0.717, 1.165) is 23.0 Å². The maximum atomic E-state index is 12.8. The lowest BCUT2D eigenvalue weighted by atomic mass is 9.97. The Hall–Kier alpha value is -2.74. The summed E-state index contributed by atoms with van der Waals surface area (Å²) in [5.74, 6) is 0. The summed E-state index contributed by atoms with van der Waals surface area (Å²) in [5.41, 5.74) is 9.86. The molecule has 1 aliphatic rings. The number of hydrogen-bond acceptors (Lipinski definition) is 3. The molecule has 0 bridgehead atoms. The Morgan fingerprint density at radius 2 is 2.00 bits per heavy atom. The third kappa shape index (κ3) is 4.48. The molecule has 0 fully saturated rings. The lowest BCUT2D eigenvalue weighted by molar-refractivity contribution is -0.122. The van der Waals surface area contributed by atoms with Gasteiger partial charge < -0.3 is 26.0 Å². The molecule has 0 saturated heterocycles. The van der Waals surface area contributed by atoms with Gasteiger partial charge in [0.15, 0.2) is 0 Å². The van der Waals surface area contributed by atoms with E-state index in [2.05, 4.69) is 10.3 Å². The minimum absolute atomic E-state index is 0.190. The van der Waals surface area contributed by atoms with Crippen LogP contribution < -0.4 is 11.1 Å². The number of amides is 2. The summed E-state index contributed by atoms with van der Waals surface area (Å²) < 4.78 is 0. The van der Waals surface area contributed by atoms with E-state index in [1.807, 2.05) is 24.3 Å². The largest absolute Gasteiger partial charge is 0.483 e. The number of nitrogens with two attached hydrogens (primary N) is 1. The van der Waals surface area contributed by atoms with Crippen LogP contribution in [0.3, 0.4) is 0 Å². The fraction of sp³-hybridized carbons (Fsp3) is 0.200. The molecule has 4 rings (SSSR count). The number of nitrogens with one attached hydrogen (secondary N) is 2. The second kappa shape index (κ2) is 9.17. The van der Waals surface area contributed by atoms with Gasteiger partial charge >= 0.3 is 6.03 Å². The number of urea groups is 1. The molecule has 1 unspecified atom stereocenters. The summed E-state index contributed by atoms with van der Waals surface area (Å²) in [7, 11) is 0. The van der Waals surface area contributed by atoms with Gasteiger partial charge in [-0.25, -0.2) is 4.79 Å². The van der Waals surface area contributed by atoms with Gasteiger partial charge in [-0.05, 0) is 48.4 Å². The van der Waals surface area contributed by atoms with Gasteiger partial charge in [0.1, 0.15) is 0 Å². The highest BCUT2D eigenvalue weighted by Gasteiger charge is 2.32. The van der Waals surface area contributed by atoms with E-state index in [-0.39, 0.29) is 18.5 Å². The predicted molar refractivity (Wildman–Crippen MR) is 115 cm³/mol. The number of hydrogen-bond donors (Lipinski definition) is 4. The number of anilines is 1. The Labute approximate surface area is 177 Å². The quantitative estimate of drug-likeness (QED) is 0.451. The van der Waals surface area contributed by atoms with Crippen LogP contribution >= 0.6 is 23.2 Å². The summed E-state index contributed by atoms with van der Waals surface area (Å²) in [6.45, 7) is 0.664. The Bertz CT molecular complexity index is 1040. The standard InChI is InChI=1S/C19H18Cl2N4O.CH2O2/c20-11-2-1-3-13(8-11)23-19(26)25-7-6-14-15-9-12(21)4-5-16(15)24-18(14)17(25)10-22;2-1-3/h1-5,8-9,17,24H,6-7,10,22H2,(H,23,26);1H,(H,2,3). The van der Waals surface area contributed by atoms with E-state index in [4.69, 9.17) is 38.8 Å². The maximum absolute atomic E-state index is 12.8. The first-order valence-electron chi connectivity index (χ1n) is 8.89. The van der Waals surface area contributed by atoms with Crippen molar-refractivity contribution < 1.29 is 14.7 Å². The van der Waals surface area contributed by atoms with E-state index in [1.165, 1.54) is 5.56 Å². The molecule has 152 valence electrons. The average molecular weight is 435 g/mol. The van der Waals surface area contributed by atoms with Gasteiger partial charge in [0.05, 0.1) is 6.04 Å². The molecule has 1 aliphatic heterocycles. The van der Waals surface area contributed by atoms with Crippen LogP contribution in [0.15, 0.2) is 42.5 Å². The summed E-state index contributed by atoms with van der Waals surface area (Å²) in [4.78, 5) is 26.4. The Balaban J connectivity index is 0.000000755. The zero-order valence-electron chi connectivity index (χ0n) is 15.4. The van der Waals surface area contributed by atoms with Gasteiger partial charge in [-0.3, -0.25) is 4.79 Å². The van der Waals surface area contributed by atoms with Crippen molar-refractivity contribution in [2.45, 2.75) is 12.5 Å². The number of aromatic nitrogens is 1. The molecular weight excluding hydrogens is 415 g/mol. The number of H-pyrrole nitrogens is 1. The summed E-state index contributed by atoms with van der Waals surface area (Å²) in [5, 5.41) is 12.2. The molecule has 3 aromatic rings. The van der Waals surface area contributed by atoms with Crippen molar-refractivity contribution in [1.29, 1.82) is 0 Å². The van der Waals surface area contributed by atoms with Crippen LogP contribution in [0, 0.1) is 0 Å². The first-order chi connectivity index (χ1) is 14.0. The molecule has 0 spiro atoms. The molecule has 2 heterocycles. The molecule has 9 heteroatoms. The van der Waals surface area contributed by atoms with Crippen molar-refractivity contribution in [3.63, 3.8) is 0 Å². The van der Waals surface area contributed by atoms with Gasteiger partial charge in [-0.2, -0.15) is 0 Å². The summed E-state index contributed by atoms with van der Waals surface area (Å²) in [6.07, 6.45) is 0.745. The first-order valence-corrected chi connectivity index (χ1v) is 9.65. The second-order valence-electron chi connectivity index (χ2n) is 6.45. The first kappa shape index (κ1) is 21.0. The van der Waals surface area contributed by atoms with Gasteiger partial charge in [-0.15, -0.1) is 0 Å². The van der Waals surface area contributed by atoms with Crippen molar-refractivity contribution in [3.05, 3.63) is 63.8 Å². The van der Waals surface area contributed by atoms with Crippen LogP contribution in [0.4, 0.5) is 10.5 Å². The number of carbonyl (C=O) groups excluding carboxylic acids is 1. The molecule has 0 radical (unpaired) electrons. The number of benzene rings is 2. The van der Waals surface area contributed by atoms with Crippen LogP contribution in [0.1, 0.15) is 17.3 Å². The molecule has 1 atom stereocenters. The maximum Gasteiger partial charge on any atom is 0.322 e. The van der Waals surface area contributed by atoms with Gasteiger partial charge in [0.2, 0.25) is 0 Å². The third-order valence-corrected chi connectivity index (χ3v) is 5.24. The number of nitrogens with zero attached hydrogens (tertiary/aromatic N) is 1. The van der Waals surface area contributed by atoms with Crippen LogP contribution in [0.25, 0.3) is 10.9 Å². The normalized spacial score (nSPS) is 15.3. The van der Waals surface area contributed by atoms with E-state index < -0.39 is 0 Å². The number of rotatable bonds is 2. The van der Waals surface area contributed by atoms with Crippen molar-refractivity contribution in [2.75, 3.05) is 18.4 Å². The van der Waals surface area contributed by atoms with Gasteiger partial charge in [0, 0.05) is 45.4 Å². The Kier molecular flexibility index (Phi) is 6.64. The topological polar surface area (TPSA) is 111 Å². The summed E-state index contributed by atoms with van der Waals surface area (Å²) in [6, 6.07) is 12.5. The zero-order valence-corrected chi connectivity index (χ0v) is 16.9. The fourth-order valence-electron chi connectivity index (χ4n) is 3.59. The second-order valence-corrected chi connectivity index (χ2v) is 7.32. The van der Waals surface area contributed by atoms with Crippen molar-refractivity contribution in [3.8, 4) is 0 Å². The predicted octanol–water partition coefficient (Wildman–Crippen LogP) is 4.27. The molecule has 2 amide bonds. The lowest BCUT2D eigenvalue weighted by Gasteiger charge is -2.35. The van der Waals surface area contributed by atoms with E-state index in [9.17, 15) is 4.79 Å². The molecule has 29 heavy (non-hydrogen) atoms. The highest BCUT2D eigenvalue weighted by molar-refractivity contribution is 6.31. The summed E-state index contributed by atoms with van der Waals surface area (Å²) >= 11 is 12.1. The van der Waals surface area contributed by atoms with Crippen molar-refractivity contribution in [1.82, 2.24) is 9.88 Å². The van der Waals surface area contributed by atoms with Crippen LogP contribution in [0.2, 0.25) is 10.0 Å². The van der Waals surface area contributed by atoms with E-state index >= 15 is 0 Å². The number of carbonyl (C=O) groups is 2. The molecule has 0 aliphatic carbocycles. The highest BCUT2D eigenvalue weighted by Crippen LogP contribution is 2.35. The minimum atomic E-state index is -0.250. The smallest absolute Gasteiger partial charge is 0.322 e. The van der Waals surface area contributed by atoms with Gasteiger partial charge in [-0.1, -0.05) is 29.3 Å². The molecule has 2 aromatic carbocycles. The van der Waals surface area contributed by atoms with Gasteiger partial charge in [0.25, 0.3) is 6.47 Å². The average Bonchev–Trinajstić information content (AvgIpc) is 3.05. The zero-order chi connectivity index (χ0) is 21.0. The fourth-order valence-corrected chi connectivity index (χ4v) is 3.95. The van der Waals surface area contributed by atoms with E-state index in [0.29, 0.717) is 28.8 Å². The monoisotopic (exact) mass is 434 g/mol. The molecule has 5 N–H and O–H groups in total. The number of aromatic amines is 1. The van der Waals surface area contributed by atoms with E-state index in [1.54, 1.807) is 23.1 Å². The number of halogens is 2. The Morgan fingerprint density at radius 1 is 1.28 bits per heavy atom. The lowest BCUT2D eigenvalue weighted by Crippen LogP contribution is -2.45. The number of carboxylic acid groups (broad SMARTS) is 1. The van der Waals surface area contributed by atoms with Crippen LogP contribution in [0.5, 0.6) is 0 Å². The van der Waals surface area contributed by atoms with Crippen molar-refractivity contribution in [2.24, 2.45) is 5.73 Å². The number of fused-ring (bicyclic) bond motifs is 3. The van der Waals surface area contributed by atoms with Crippen LogP contribution in [-0.4, -0.2) is 40.6 Å². The molecule has 7 nitrogen and oxygen atoms in total. The molecule has 0 saturated carbocycles. The third-order valence-electron chi connectivity index (χ3n) is 4.77. The minimum Gasteiger partial charge on any atom is -0.483 e.